The molecule has 0 heterocycles. The molecule has 0 saturated carbocycles. The Labute approximate surface area is 127 Å². The molecule has 104 valence electrons. The second-order valence-electron chi connectivity index (χ2n) is 4.99. The third-order valence-corrected chi connectivity index (χ3v) is 3.78. The number of carbonyl (C=O) groups excluding carboxylic acids is 1. The summed E-state index contributed by atoms with van der Waals surface area (Å²) in [5.41, 5.74) is 2.38. The number of ketones is 1. The van der Waals surface area contributed by atoms with Gasteiger partial charge < -0.3 is 4.74 Å². The van der Waals surface area contributed by atoms with Crippen LogP contribution in [0.15, 0.2) is 46.9 Å². The van der Waals surface area contributed by atoms with Crippen LogP contribution in [0.5, 0.6) is 5.75 Å². The van der Waals surface area contributed by atoms with Crippen LogP contribution in [0.2, 0.25) is 0 Å². The summed E-state index contributed by atoms with van der Waals surface area (Å²) in [7, 11) is 0. The summed E-state index contributed by atoms with van der Waals surface area (Å²) in [5, 5.41) is 0. The molecule has 0 fully saturated rings. The predicted molar refractivity (Wildman–Crippen MR) is 84.5 cm³/mol. The van der Waals surface area contributed by atoms with Crippen molar-refractivity contribution in [2.24, 2.45) is 0 Å². The molecule has 0 spiro atoms. The van der Waals surface area contributed by atoms with E-state index in [9.17, 15) is 4.79 Å². The zero-order valence-electron chi connectivity index (χ0n) is 11.8. The highest BCUT2D eigenvalue weighted by Gasteiger charge is 2.11. The van der Waals surface area contributed by atoms with E-state index >= 15 is 0 Å². The molecule has 0 radical (unpaired) electrons. The molecule has 0 N–H and O–H groups in total. The SMILES string of the molecule is Cc1cc(C(=O)c2cccc(OC(C)C)c2)ccc1Br. The number of hydrogen-bond acceptors (Lipinski definition) is 2. The van der Waals surface area contributed by atoms with Crippen LogP contribution in [0.25, 0.3) is 0 Å². The third kappa shape index (κ3) is 3.48. The first-order valence-corrected chi connectivity index (χ1v) is 7.34. The Kier molecular flexibility index (Phi) is 4.61. The normalized spacial score (nSPS) is 10.7. The van der Waals surface area contributed by atoms with Crippen molar-refractivity contribution in [1.29, 1.82) is 0 Å². The van der Waals surface area contributed by atoms with Crippen molar-refractivity contribution in [3.05, 3.63) is 63.6 Å². The van der Waals surface area contributed by atoms with Gasteiger partial charge in [-0.3, -0.25) is 4.79 Å². The Bertz CT molecular complexity index is 633. The van der Waals surface area contributed by atoms with Crippen molar-refractivity contribution in [2.45, 2.75) is 26.9 Å². The van der Waals surface area contributed by atoms with Gasteiger partial charge in [0.1, 0.15) is 5.75 Å². The lowest BCUT2D eigenvalue weighted by Gasteiger charge is -2.10. The van der Waals surface area contributed by atoms with Crippen molar-refractivity contribution in [1.82, 2.24) is 0 Å². The number of ether oxygens (including phenoxy) is 1. The molecule has 3 heteroatoms. The summed E-state index contributed by atoms with van der Waals surface area (Å²) in [4.78, 5) is 12.5. The molecule has 2 aromatic rings. The van der Waals surface area contributed by atoms with Gasteiger partial charge in [0.05, 0.1) is 6.10 Å². The summed E-state index contributed by atoms with van der Waals surface area (Å²) in [6, 6.07) is 12.9. The molecular formula is C17H17BrO2. The van der Waals surface area contributed by atoms with Crippen LogP contribution in [-0.2, 0) is 0 Å². The van der Waals surface area contributed by atoms with Crippen molar-refractivity contribution >= 4 is 21.7 Å². The molecule has 2 aromatic carbocycles. The van der Waals surface area contributed by atoms with Gasteiger partial charge in [-0.05, 0) is 56.7 Å². The van der Waals surface area contributed by atoms with E-state index in [0.717, 1.165) is 15.8 Å². The fourth-order valence-electron chi connectivity index (χ4n) is 1.94. The van der Waals surface area contributed by atoms with Crippen LogP contribution in [0.1, 0.15) is 35.3 Å². The highest BCUT2D eigenvalue weighted by atomic mass is 79.9. The second kappa shape index (κ2) is 6.23. The molecule has 0 aromatic heterocycles. The average molecular weight is 333 g/mol. The largest absolute Gasteiger partial charge is 0.491 e. The molecule has 0 atom stereocenters. The summed E-state index contributed by atoms with van der Waals surface area (Å²) in [6.45, 7) is 5.90. The molecule has 2 nitrogen and oxygen atoms in total. The molecule has 0 bridgehead atoms. The zero-order valence-corrected chi connectivity index (χ0v) is 13.4. The average Bonchev–Trinajstić information content (AvgIpc) is 2.40. The van der Waals surface area contributed by atoms with E-state index in [0.29, 0.717) is 11.1 Å². The lowest BCUT2D eigenvalue weighted by Crippen LogP contribution is -2.07. The van der Waals surface area contributed by atoms with Crippen LogP contribution in [0.4, 0.5) is 0 Å². The molecule has 20 heavy (non-hydrogen) atoms. The van der Waals surface area contributed by atoms with Crippen molar-refractivity contribution < 1.29 is 9.53 Å². The Morgan fingerprint density at radius 3 is 2.45 bits per heavy atom. The minimum atomic E-state index is 0.00908. The van der Waals surface area contributed by atoms with Gasteiger partial charge in [-0.25, -0.2) is 0 Å². The molecule has 0 aliphatic heterocycles. The van der Waals surface area contributed by atoms with Crippen LogP contribution in [0, 0.1) is 6.92 Å². The standard InChI is InChI=1S/C17H17BrO2/c1-11(2)20-15-6-4-5-13(10-15)17(19)14-7-8-16(18)12(3)9-14/h4-11H,1-3H3. The van der Waals surface area contributed by atoms with Crippen LogP contribution in [0.3, 0.4) is 0 Å². The Morgan fingerprint density at radius 2 is 1.80 bits per heavy atom. The fourth-order valence-corrected chi connectivity index (χ4v) is 2.18. The monoisotopic (exact) mass is 332 g/mol. The van der Waals surface area contributed by atoms with Gasteiger partial charge in [-0.2, -0.15) is 0 Å². The minimum absolute atomic E-state index is 0.00908. The van der Waals surface area contributed by atoms with Crippen LogP contribution >= 0.6 is 15.9 Å². The first kappa shape index (κ1) is 14.8. The third-order valence-electron chi connectivity index (χ3n) is 2.89. The van der Waals surface area contributed by atoms with Gasteiger partial charge in [0, 0.05) is 15.6 Å². The van der Waals surface area contributed by atoms with E-state index in [2.05, 4.69) is 15.9 Å². The maximum absolute atomic E-state index is 12.5. The molecular weight excluding hydrogens is 316 g/mol. The summed E-state index contributed by atoms with van der Waals surface area (Å²) in [5.74, 6) is 0.731. The Balaban J connectivity index is 2.30. The fraction of sp³-hybridized carbons (Fsp3) is 0.235. The lowest BCUT2D eigenvalue weighted by atomic mass is 10.0. The zero-order chi connectivity index (χ0) is 14.7. The predicted octanol–water partition coefficient (Wildman–Crippen LogP) is 4.78. The molecule has 0 aliphatic rings. The van der Waals surface area contributed by atoms with Crippen LogP contribution in [-0.4, -0.2) is 11.9 Å². The number of halogens is 1. The van der Waals surface area contributed by atoms with Crippen molar-refractivity contribution in [3.8, 4) is 5.75 Å². The van der Waals surface area contributed by atoms with Crippen molar-refractivity contribution in [2.75, 3.05) is 0 Å². The van der Waals surface area contributed by atoms with Gasteiger partial charge in [0.15, 0.2) is 5.78 Å². The second-order valence-corrected chi connectivity index (χ2v) is 5.84. The summed E-state index contributed by atoms with van der Waals surface area (Å²) >= 11 is 3.44. The topological polar surface area (TPSA) is 26.3 Å². The van der Waals surface area contributed by atoms with Gasteiger partial charge in [-0.15, -0.1) is 0 Å². The van der Waals surface area contributed by atoms with Gasteiger partial charge in [0.2, 0.25) is 0 Å². The Morgan fingerprint density at radius 1 is 1.10 bits per heavy atom. The minimum Gasteiger partial charge on any atom is -0.491 e. The van der Waals surface area contributed by atoms with E-state index in [1.807, 2.05) is 57.2 Å². The van der Waals surface area contributed by atoms with E-state index in [-0.39, 0.29) is 11.9 Å². The molecule has 0 unspecified atom stereocenters. The maximum atomic E-state index is 12.5. The van der Waals surface area contributed by atoms with E-state index < -0.39 is 0 Å². The number of carbonyl (C=O) groups is 1. The van der Waals surface area contributed by atoms with Crippen molar-refractivity contribution in [3.63, 3.8) is 0 Å². The first-order chi connectivity index (χ1) is 9.47. The molecule has 0 saturated heterocycles. The highest BCUT2D eigenvalue weighted by Crippen LogP contribution is 2.21. The highest BCUT2D eigenvalue weighted by molar-refractivity contribution is 9.10. The Hall–Kier alpha value is -1.61. The van der Waals surface area contributed by atoms with E-state index in [1.165, 1.54) is 0 Å². The van der Waals surface area contributed by atoms with E-state index in [4.69, 9.17) is 4.74 Å². The summed E-state index contributed by atoms with van der Waals surface area (Å²) < 4.78 is 6.63. The first-order valence-electron chi connectivity index (χ1n) is 6.55. The molecule has 0 amide bonds. The number of aryl methyl sites for hydroxylation is 1. The molecule has 2 rings (SSSR count). The van der Waals surface area contributed by atoms with Gasteiger partial charge in [0.25, 0.3) is 0 Å². The van der Waals surface area contributed by atoms with Gasteiger partial charge >= 0.3 is 0 Å². The van der Waals surface area contributed by atoms with Gasteiger partial charge in [-0.1, -0.05) is 28.1 Å². The molecule has 0 aliphatic carbocycles. The number of benzene rings is 2. The van der Waals surface area contributed by atoms with Crippen LogP contribution < -0.4 is 4.74 Å². The quantitative estimate of drug-likeness (QED) is 0.753. The smallest absolute Gasteiger partial charge is 0.193 e. The van der Waals surface area contributed by atoms with E-state index in [1.54, 1.807) is 6.07 Å². The number of rotatable bonds is 4. The lowest BCUT2D eigenvalue weighted by molar-refractivity contribution is 0.103. The summed E-state index contributed by atoms with van der Waals surface area (Å²) in [6.07, 6.45) is 0.0928. The maximum Gasteiger partial charge on any atom is 0.193 e. The number of hydrogen-bond donors (Lipinski definition) is 0.